The van der Waals surface area contributed by atoms with Crippen molar-refractivity contribution in [2.24, 2.45) is 0 Å². The van der Waals surface area contributed by atoms with Gasteiger partial charge in [0, 0.05) is 21.9 Å². The minimum atomic E-state index is 0.532. The van der Waals surface area contributed by atoms with E-state index in [0.717, 1.165) is 34.3 Å². The van der Waals surface area contributed by atoms with Crippen molar-refractivity contribution >= 4 is 27.3 Å². The van der Waals surface area contributed by atoms with E-state index in [1.54, 1.807) is 0 Å². The molecule has 84 valence electrons. The minimum Gasteiger partial charge on any atom is -0.398 e. The Kier molecular flexibility index (Phi) is 4.45. The van der Waals surface area contributed by atoms with Crippen LogP contribution >= 0.6 is 15.9 Å². The van der Waals surface area contributed by atoms with Gasteiger partial charge in [0.1, 0.15) is 0 Å². The molecule has 0 saturated heterocycles. The highest BCUT2D eigenvalue weighted by Crippen LogP contribution is 2.28. The predicted molar refractivity (Wildman–Crippen MR) is 71.3 cm³/mol. The molecule has 0 saturated carbocycles. The second kappa shape index (κ2) is 5.40. The van der Waals surface area contributed by atoms with E-state index in [0.29, 0.717) is 6.04 Å². The molecular weight excluding hydrogens is 252 g/mol. The average Bonchev–Trinajstić information content (AvgIpc) is 2.21. The van der Waals surface area contributed by atoms with E-state index in [4.69, 9.17) is 5.73 Å². The fourth-order valence-corrected chi connectivity index (χ4v) is 2.00. The summed E-state index contributed by atoms with van der Waals surface area (Å²) >= 11 is 3.53. The molecule has 2 nitrogen and oxygen atoms in total. The number of rotatable bonds is 4. The average molecular weight is 271 g/mol. The summed E-state index contributed by atoms with van der Waals surface area (Å²) in [5.74, 6) is 0. The third-order valence-corrected chi connectivity index (χ3v) is 3.36. The predicted octanol–water partition coefficient (Wildman–Crippen LogP) is 3.94. The summed E-state index contributed by atoms with van der Waals surface area (Å²) in [7, 11) is 0. The number of aryl methyl sites for hydroxylation is 1. The summed E-state index contributed by atoms with van der Waals surface area (Å²) < 4.78 is 1.04. The Morgan fingerprint density at radius 2 is 1.93 bits per heavy atom. The normalized spacial score (nSPS) is 10.7. The molecule has 0 bridgehead atoms. The number of hydrogen-bond donors (Lipinski definition) is 2. The molecule has 0 aromatic heterocycles. The molecule has 0 amide bonds. The van der Waals surface area contributed by atoms with Crippen LogP contribution < -0.4 is 11.1 Å². The van der Waals surface area contributed by atoms with Gasteiger partial charge in [0.2, 0.25) is 0 Å². The highest BCUT2D eigenvalue weighted by molar-refractivity contribution is 9.10. The van der Waals surface area contributed by atoms with E-state index in [9.17, 15) is 0 Å². The van der Waals surface area contributed by atoms with Crippen LogP contribution in [0.2, 0.25) is 0 Å². The molecule has 0 heterocycles. The van der Waals surface area contributed by atoms with E-state index in [2.05, 4.69) is 41.2 Å². The van der Waals surface area contributed by atoms with Crippen LogP contribution in [0.1, 0.15) is 32.3 Å². The van der Waals surface area contributed by atoms with Crippen molar-refractivity contribution in [2.75, 3.05) is 11.1 Å². The van der Waals surface area contributed by atoms with Crippen LogP contribution in [0.4, 0.5) is 11.4 Å². The maximum Gasteiger partial charge on any atom is 0.0490 e. The first kappa shape index (κ1) is 12.4. The molecule has 0 aliphatic carbocycles. The first-order valence-corrected chi connectivity index (χ1v) is 6.19. The van der Waals surface area contributed by atoms with Gasteiger partial charge in [0.25, 0.3) is 0 Å². The molecule has 0 unspecified atom stereocenters. The summed E-state index contributed by atoms with van der Waals surface area (Å²) in [5, 5.41) is 3.51. The minimum absolute atomic E-state index is 0.532. The number of nitrogens with one attached hydrogen (secondary N) is 1. The lowest BCUT2D eigenvalue weighted by atomic mass is 10.1. The van der Waals surface area contributed by atoms with Crippen molar-refractivity contribution in [1.82, 2.24) is 0 Å². The number of nitrogens with two attached hydrogens (primary N) is 1. The SMILES string of the molecule is CCC(CC)Nc1cc(C)c(N)cc1Br. The molecule has 0 radical (unpaired) electrons. The molecule has 1 aromatic carbocycles. The Bertz CT molecular complexity index is 333. The summed E-state index contributed by atoms with van der Waals surface area (Å²) in [6, 6.07) is 4.59. The highest BCUT2D eigenvalue weighted by atomic mass is 79.9. The van der Waals surface area contributed by atoms with E-state index >= 15 is 0 Å². The molecule has 0 spiro atoms. The van der Waals surface area contributed by atoms with Crippen molar-refractivity contribution in [3.63, 3.8) is 0 Å². The zero-order valence-electron chi connectivity index (χ0n) is 9.60. The maximum absolute atomic E-state index is 5.83. The van der Waals surface area contributed by atoms with Crippen LogP contribution in [0.3, 0.4) is 0 Å². The van der Waals surface area contributed by atoms with E-state index < -0.39 is 0 Å². The van der Waals surface area contributed by atoms with Gasteiger partial charge < -0.3 is 11.1 Å². The molecule has 3 N–H and O–H groups in total. The quantitative estimate of drug-likeness (QED) is 0.814. The lowest BCUT2D eigenvalue weighted by Gasteiger charge is -2.18. The number of nitrogen functional groups attached to an aromatic ring is 1. The molecule has 3 heteroatoms. The first-order valence-electron chi connectivity index (χ1n) is 5.40. The van der Waals surface area contributed by atoms with Crippen molar-refractivity contribution in [2.45, 2.75) is 39.7 Å². The number of anilines is 2. The second-order valence-corrected chi connectivity index (χ2v) is 4.70. The van der Waals surface area contributed by atoms with Gasteiger partial charge in [-0.2, -0.15) is 0 Å². The molecule has 15 heavy (non-hydrogen) atoms. The highest BCUT2D eigenvalue weighted by Gasteiger charge is 2.07. The molecule has 0 aliphatic heterocycles. The Hall–Kier alpha value is -0.700. The Morgan fingerprint density at radius 3 is 2.47 bits per heavy atom. The standard InChI is InChI=1S/C12H19BrN2/c1-4-9(5-2)15-12-6-8(3)11(14)7-10(12)13/h6-7,9,15H,4-5,14H2,1-3H3. The fourth-order valence-electron chi connectivity index (χ4n) is 1.52. The Morgan fingerprint density at radius 1 is 1.33 bits per heavy atom. The molecule has 1 aromatic rings. The van der Waals surface area contributed by atoms with Gasteiger partial charge in [-0.15, -0.1) is 0 Å². The monoisotopic (exact) mass is 270 g/mol. The fraction of sp³-hybridized carbons (Fsp3) is 0.500. The largest absolute Gasteiger partial charge is 0.398 e. The summed E-state index contributed by atoms with van der Waals surface area (Å²) in [4.78, 5) is 0. The number of halogens is 1. The van der Waals surface area contributed by atoms with Crippen molar-refractivity contribution in [1.29, 1.82) is 0 Å². The van der Waals surface area contributed by atoms with Gasteiger partial charge in [-0.1, -0.05) is 13.8 Å². The van der Waals surface area contributed by atoms with Crippen LogP contribution in [-0.4, -0.2) is 6.04 Å². The number of hydrogen-bond acceptors (Lipinski definition) is 2. The van der Waals surface area contributed by atoms with Gasteiger partial charge in [-0.05, 0) is 53.4 Å². The molecular formula is C12H19BrN2. The van der Waals surface area contributed by atoms with Crippen LogP contribution in [0.5, 0.6) is 0 Å². The van der Waals surface area contributed by atoms with Gasteiger partial charge in [-0.3, -0.25) is 0 Å². The van der Waals surface area contributed by atoms with E-state index in [1.807, 2.05) is 13.0 Å². The molecule has 1 rings (SSSR count). The second-order valence-electron chi connectivity index (χ2n) is 3.85. The lowest BCUT2D eigenvalue weighted by Crippen LogP contribution is -2.17. The lowest BCUT2D eigenvalue weighted by molar-refractivity contribution is 0.671. The summed E-state index contributed by atoms with van der Waals surface area (Å²) in [5.41, 5.74) is 8.91. The Labute approximate surface area is 100 Å². The van der Waals surface area contributed by atoms with E-state index in [1.165, 1.54) is 0 Å². The van der Waals surface area contributed by atoms with Crippen LogP contribution in [-0.2, 0) is 0 Å². The first-order chi connectivity index (χ1) is 7.08. The zero-order valence-corrected chi connectivity index (χ0v) is 11.2. The third-order valence-electron chi connectivity index (χ3n) is 2.70. The summed E-state index contributed by atoms with van der Waals surface area (Å²) in [6.07, 6.45) is 2.26. The molecule has 0 atom stereocenters. The van der Waals surface area contributed by atoms with Crippen molar-refractivity contribution < 1.29 is 0 Å². The number of benzene rings is 1. The van der Waals surface area contributed by atoms with E-state index in [-0.39, 0.29) is 0 Å². The Balaban J connectivity index is 2.89. The van der Waals surface area contributed by atoms with Gasteiger partial charge in [0.05, 0.1) is 0 Å². The zero-order chi connectivity index (χ0) is 11.4. The van der Waals surface area contributed by atoms with Gasteiger partial charge in [-0.25, -0.2) is 0 Å². The van der Waals surface area contributed by atoms with Crippen molar-refractivity contribution in [3.8, 4) is 0 Å². The van der Waals surface area contributed by atoms with Crippen molar-refractivity contribution in [3.05, 3.63) is 22.2 Å². The molecule has 0 fully saturated rings. The topological polar surface area (TPSA) is 38.0 Å². The van der Waals surface area contributed by atoms with Crippen LogP contribution in [0, 0.1) is 6.92 Å². The molecule has 0 aliphatic rings. The van der Waals surface area contributed by atoms with Crippen LogP contribution in [0.25, 0.3) is 0 Å². The smallest absolute Gasteiger partial charge is 0.0490 e. The third kappa shape index (κ3) is 3.13. The van der Waals surface area contributed by atoms with Gasteiger partial charge in [0.15, 0.2) is 0 Å². The van der Waals surface area contributed by atoms with Crippen LogP contribution in [0.15, 0.2) is 16.6 Å². The van der Waals surface area contributed by atoms with Gasteiger partial charge >= 0.3 is 0 Å². The summed E-state index contributed by atoms with van der Waals surface area (Å²) in [6.45, 7) is 6.41. The maximum atomic E-state index is 5.83.